The van der Waals surface area contributed by atoms with Gasteiger partial charge in [-0.15, -0.1) is 0 Å². The zero-order valence-corrected chi connectivity index (χ0v) is 6.82. The van der Waals surface area contributed by atoms with Crippen LogP contribution >= 0.6 is 0 Å². The lowest BCUT2D eigenvalue weighted by molar-refractivity contribution is 0.101. The number of aromatic nitrogens is 2. The first-order valence-corrected chi connectivity index (χ1v) is 3.67. The molecule has 64 valence electrons. The summed E-state index contributed by atoms with van der Waals surface area (Å²) in [6.07, 6.45) is 3.36. The van der Waals surface area contributed by atoms with Crippen molar-refractivity contribution in [1.82, 2.24) is 9.97 Å². The van der Waals surface area contributed by atoms with E-state index in [1.54, 1.807) is 0 Å². The largest absolute Gasteiger partial charge is 0.396 e. The molecule has 1 aromatic rings. The van der Waals surface area contributed by atoms with Crippen LogP contribution in [0.1, 0.15) is 23.1 Å². The quantitative estimate of drug-likeness (QED) is 0.652. The second-order valence-electron chi connectivity index (χ2n) is 2.38. The van der Waals surface area contributed by atoms with E-state index in [1.807, 2.05) is 0 Å². The topological polar surface area (TPSA) is 63.1 Å². The number of ketones is 1. The number of nitrogens with zero attached hydrogens (tertiary/aromatic N) is 2. The maximum atomic E-state index is 11.0. The van der Waals surface area contributed by atoms with Crippen molar-refractivity contribution in [2.45, 2.75) is 13.3 Å². The van der Waals surface area contributed by atoms with Crippen molar-refractivity contribution >= 4 is 5.78 Å². The summed E-state index contributed by atoms with van der Waals surface area (Å²) in [5, 5.41) is 8.65. The molecule has 0 bridgehead atoms. The fraction of sp³-hybridized carbons (Fsp3) is 0.375. The maximum Gasteiger partial charge on any atom is 0.179 e. The Bertz CT molecular complexity index is 286. The van der Waals surface area contributed by atoms with Crippen molar-refractivity contribution in [3.8, 4) is 0 Å². The minimum Gasteiger partial charge on any atom is -0.396 e. The molecule has 0 aliphatic heterocycles. The van der Waals surface area contributed by atoms with Crippen LogP contribution in [-0.2, 0) is 6.42 Å². The molecule has 4 heteroatoms. The van der Waals surface area contributed by atoms with Crippen LogP contribution in [0.25, 0.3) is 0 Å². The Balaban J connectivity index is 3.00. The smallest absolute Gasteiger partial charge is 0.179 e. The summed E-state index contributed by atoms with van der Waals surface area (Å²) in [5.74, 6) is -0.119. The van der Waals surface area contributed by atoms with E-state index in [1.165, 1.54) is 19.3 Å². The molecule has 4 nitrogen and oxygen atoms in total. The maximum absolute atomic E-state index is 11.0. The van der Waals surface area contributed by atoms with E-state index < -0.39 is 0 Å². The van der Waals surface area contributed by atoms with Gasteiger partial charge in [-0.2, -0.15) is 0 Å². The molecule has 1 rings (SSSR count). The van der Waals surface area contributed by atoms with Gasteiger partial charge in [0.1, 0.15) is 5.69 Å². The van der Waals surface area contributed by atoms with E-state index >= 15 is 0 Å². The van der Waals surface area contributed by atoms with Crippen molar-refractivity contribution in [1.29, 1.82) is 0 Å². The lowest BCUT2D eigenvalue weighted by Gasteiger charge is -2.00. The average molecular weight is 166 g/mol. The first kappa shape index (κ1) is 8.80. The van der Waals surface area contributed by atoms with Crippen LogP contribution in [-0.4, -0.2) is 27.5 Å². The molecule has 0 aliphatic rings. The Morgan fingerprint density at radius 3 is 2.75 bits per heavy atom. The zero-order chi connectivity index (χ0) is 8.97. The summed E-state index contributed by atoms with van der Waals surface area (Å²) in [7, 11) is 0. The van der Waals surface area contributed by atoms with Gasteiger partial charge in [0.2, 0.25) is 0 Å². The van der Waals surface area contributed by atoms with E-state index in [0.29, 0.717) is 17.8 Å². The number of Topliss-reactive ketones (excluding diaryl/α,β-unsaturated/α-hetero) is 1. The minimum atomic E-state index is -0.119. The molecule has 0 spiro atoms. The molecule has 0 amide bonds. The number of hydrogen-bond donors (Lipinski definition) is 1. The molecule has 0 fully saturated rings. The van der Waals surface area contributed by atoms with Crippen LogP contribution in [0.4, 0.5) is 0 Å². The van der Waals surface area contributed by atoms with Gasteiger partial charge in [0.15, 0.2) is 5.78 Å². The van der Waals surface area contributed by atoms with Crippen LogP contribution in [0.3, 0.4) is 0 Å². The van der Waals surface area contributed by atoms with E-state index in [2.05, 4.69) is 9.97 Å². The monoisotopic (exact) mass is 166 g/mol. The van der Waals surface area contributed by atoms with E-state index in [4.69, 9.17) is 5.11 Å². The van der Waals surface area contributed by atoms with Crippen LogP contribution < -0.4 is 0 Å². The molecular weight excluding hydrogens is 156 g/mol. The zero-order valence-electron chi connectivity index (χ0n) is 6.82. The highest BCUT2D eigenvalue weighted by Crippen LogP contribution is 2.02. The molecule has 0 unspecified atom stereocenters. The molecule has 0 saturated heterocycles. The lowest BCUT2D eigenvalue weighted by Crippen LogP contribution is -2.06. The van der Waals surface area contributed by atoms with Crippen molar-refractivity contribution in [3.05, 3.63) is 23.8 Å². The molecule has 0 atom stereocenters. The predicted molar refractivity (Wildman–Crippen MR) is 42.8 cm³/mol. The SMILES string of the molecule is CC(=O)c1nccnc1CCO. The Morgan fingerprint density at radius 2 is 2.17 bits per heavy atom. The van der Waals surface area contributed by atoms with Crippen molar-refractivity contribution in [2.75, 3.05) is 6.61 Å². The third-order valence-corrected chi connectivity index (χ3v) is 1.46. The van der Waals surface area contributed by atoms with Crippen LogP contribution in [0.2, 0.25) is 0 Å². The molecule has 1 heterocycles. The van der Waals surface area contributed by atoms with Gasteiger partial charge in [-0.1, -0.05) is 0 Å². The number of aliphatic hydroxyl groups is 1. The van der Waals surface area contributed by atoms with Crippen molar-refractivity contribution in [3.63, 3.8) is 0 Å². The summed E-state index contributed by atoms with van der Waals surface area (Å²) < 4.78 is 0. The van der Waals surface area contributed by atoms with E-state index in [9.17, 15) is 4.79 Å². The Hall–Kier alpha value is -1.29. The molecule has 1 N–H and O–H groups in total. The average Bonchev–Trinajstić information content (AvgIpc) is 2.05. The van der Waals surface area contributed by atoms with Gasteiger partial charge in [0, 0.05) is 32.3 Å². The van der Waals surface area contributed by atoms with Gasteiger partial charge in [0.25, 0.3) is 0 Å². The summed E-state index contributed by atoms with van der Waals surface area (Å²) in [5.41, 5.74) is 0.916. The highest BCUT2D eigenvalue weighted by atomic mass is 16.3. The summed E-state index contributed by atoms with van der Waals surface area (Å²) >= 11 is 0. The number of carbonyl (C=O) groups excluding carboxylic acids is 1. The van der Waals surface area contributed by atoms with E-state index in [0.717, 1.165) is 0 Å². The third-order valence-electron chi connectivity index (χ3n) is 1.46. The summed E-state index contributed by atoms with van der Waals surface area (Å²) in [4.78, 5) is 18.8. The fourth-order valence-corrected chi connectivity index (χ4v) is 0.950. The normalized spacial score (nSPS) is 9.83. The third kappa shape index (κ3) is 1.85. The number of hydrogen-bond acceptors (Lipinski definition) is 4. The fourth-order valence-electron chi connectivity index (χ4n) is 0.950. The van der Waals surface area contributed by atoms with Crippen LogP contribution in [0.5, 0.6) is 0 Å². The molecule has 12 heavy (non-hydrogen) atoms. The standard InChI is InChI=1S/C8H10N2O2/c1-6(12)8-7(2-5-11)9-3-4-10-8/h3-4,11H,2,5H2,1H3. The van der Waals surface area contributed by atoms with Crippen LogP contribution in [0, 0.1) is 0 Å². The summed E-state index contributed by atoms with van der Waals surface area (Å²) in [6, 6.07) is 0. The first-order chi connectivity index (χ1) is 5.75. The molecule has 0 aliphatic carbocycles. The molecule has 0 radical (unpaired) electrons. The van der Waals surface area contributed by atoms with Crippen molar-refractivity contribution < 1.29 is 9.90 Å². The van der Waals surface area contributed by atoms with Gasteiger partial charge in [0.05, 0.1) is 5.69 Å². The van der Waals surface area contributed by atoms with Gasteiger partial charge >= 0.3 is 0 Å². The second kappa shape index (κ2) is 3.92. The Morgan fingerprint density at radius 1 is 1.50 bits per heavy atom. The predicted octanol–water partition coefficient (Wildman–Crippen LogP) is 0.214. The molecular formula is C8H10N2O2. The van der Waals surface area contributed by atoms with Gasteiger partial charge in [-0.3, -0.25) is 9.78 Å². The minimum absolute atomic E-state index is 0.0149. The molecule has 0 saturated carbocycles. The highest BCUT2D eigenvalue weighted by molar-refractivity contribution is 5.93. The number of rotatable bonds is 3. The number of aliphatic hydroxyl groups excluding tert-OH is 1. The van der Waals surface area contributed by atoms with Crippen LogP contribution in [0.15, 0.2) is 12.4 Å². The number of carbonyl (C=O) groups is 1. The first-order valence-electron chi connectivity index (χ1n) is 3.67. The summed E-state index contributed by atoms with van der Waals surface area (Å²) in [6.45, 7) is 1.42. The lowest BCUT2D eigenvalue weighted by atomic mass is 10.2. The van der Waals surface area contributed by atoms with Gasteiger partial charge in [-0.25, -0.2) is 4.98 Å². The Kier molecular flexibility index (Phi) is 2.88. The van der Waals surface area contributed by atoms with E-state index in [-0.39, 0.29) is 12.4 Å². The van der Waals surface area contributed by atoms with Crippen molar-refractivity contribution in [2.24, 2.45) is 0 Å². The van der Waals surface area contributed by atoms with Gasteiger partial charge in [-0.05, 0) is 0 Å². The molecule has 1 aromatic heterocycles. The van der Waals surface area contributed by atoms with Gasteiger partial charge < -0.3 is 5.11 Å². The molecule has 0 aromatic carbocycles. The second-order valence-corrected chi connectivity index (χ2v) is 2.38. The highest BCUT2D eigenvalue weighted by Gasteiger charge is 2.07. The Labute approximate surface area is 70.3 Å².